The molecule has 0 bridgehead atoms. The largest absolute Gasteiger partial charge is 0.490 e. The molecule has 190 valence electrons. The lowest BCUT2D eigenvalue weighted by Crippen LogP contribution is -2.35. The fourth-order valence-corrected chi connectivity index (χ4v) is 4.39. The number of carbonyl (C=O) groups is 2. The number of carboxylic acids is 1. The van der Waals surface area contributed by atoms with E-state index < -0.39 is 12.1 Å². The van der Waals surface area contributed by atoms with Crippen molar-refractivity contribution in [2.75, 3.05) is 27.2 Å². The van der Waals surface area contributed by atoms with Gasteiger partial charge in [-0.25, -0.2) is 14.8 Å². The van der Waals surface area contributed by atoms with Crippen LogP contribution < -0.4 is 0 Å². The number of halogens is 3. The molecule has 9 nitrogen and oxygen atoms in total. The van der Waals surface area contributed by atoms with E-state index in [9.17, 15) is 18.0 Å². The Balaban J connectivity index is 0.000000384. The van der Waals surface area contributed by atoms with Gasteiger partial charge in [0.25, 0.3) is 5.91 Å². The summed E-state index contributed by atoms with van der Waals surface area (Å²) in [6.45, 7) is 1.50. The van der Waals surface area contributed by atoms with Crippen LogP contribution in [0.25, 0.3) is 27.9 Å². The molecule has 1 aromatic carbocycles. The molecule has 0 saturated carbocycles. The Kier molecular flexibility index (Phi) is 6.72. The highest BCUT2D eigenvalue weighted by atomic mass is 19.4. The lowest BCUT2D eigenvalue weighted by molar-refractivity contribution is -0.192. The van der Waals surface area contributed by atoms with Crippen molar-refractivity contribution in [1.29, 1.82) is 0 Å². The Hall–Kier alpha value is -3.93. The lowest BCUT2D eigenvalue weighted by atomic mass is 10.2. The number of carbonyl (C=O) groups excluding carboxylic acids is 1. The minimum atomic E-state index is -5.08. The fraction of sp³-hybridized carbons (Fsp3) is 0.333. The van der Waals surface area contributed by atoms with Gasteiger partial charge in [0.1, 0.15) is 5.69 Å². The molecule has 0 spiro atoms. The number of carboxylic acid groups (broad SMARTS) is 1. The summed E-state index contributed by atoms with van der Waals surface area (Å²) in [6.07, 6.45) is -0.666. The van der Waals surface area contributed by atoms with Gasteiger partial charge in [0.2, 0.25) is 5.95 Å². The van der Waals surface area contributed by atoms with Crippen molar-refractivity contribution >= 4 is 33.8 Å². The van der Waals surface area contributed by atoms with Gasteiger partial charge < -0.3 is 19.5 Å². The second-order valence-corrected chi connectivity index (χ2v) is 8.68. The first-order valence-electron chi connectivity index (χ1n) is 11.1. The fourth-order valence-electron chi connectivity index (χ4n) is 4.39. The van der Waals surface area contributed by atoms with Gasteiger partial charge in [-0.05, 0) is 38.7 Å². The summed E-state index contributed by atoms with van der Waals surface area (Å²) >= 11 is 0. The third kappa shape index (κ3) is 4.63. The maximum absolute atomic E-state index is 13.5. The van der Waals surface area contributed by atoms with Crippen LogP contribution in [0.4, 0.5) is 13.2 Å². The maximum atomic E-state index is 13.5. The van der Waals surface area contributed by atoms with Gasteiger partial charge in [0.05, 0.1) is 16.6 Å². The van der Waals surface area contributed by atoms with Crippen LogP contribution >= 0.6 is 0 Å². The monoisotopic (exact) mass is 502 g/mol. The van der Waals surface area contributed by atoms with E-state index in [1.807, 2.05) is 34.7 Å². The molecule has 1 N–H and O–H groups in total. The lowest BCUT2D eigenvalue weighted by Gasteiger charge is -2.21. The number of amides is 1. The first-order chi connectivity index (χ1) is 17.0. The minimum absolute atomic E-state index is 0.0297. The number of aliphatic carboxylic acids is 1. The highest BCUT2D eigenvalue weighted by Gasteiger charge is 2.38. The molecule has 1 fully saturated rings. The van der Waals surface area contributed by atoms with Crippen LogP contribution in [0.2, 0.25) is 0 Å². The number of benzene rings is 1. The standard InChI is InChI=1S/C22H24N6O.C2HF3O2/c1-25(2)15-9-12-27(14-15)21(29)19-13-18-20(28(19)22-23-10-6-11-24-22)16-7-4-5-8-17(16)26(18)3;3-2(4,5)1(6)7/h4-8,10-11,13,15H,9,12,14H2,1-3H3;(H,6,7). The van der Waals surface area contributed by atoms with E-state index in [0.717, 1.165) is 41.4 Å². The number of nitrogens with zero attached hydrogens (tertiary/aromatic N) is 6. The number of hydrogen-bond acceptors (Lipinski definition) is 5. The molecule has 5 rings (SSSR count). The first kappa shape index (κ1) is 25.2. The number of para-hydroxylation sites is 1. The highest BCUT2D eigenvalue weighted by molar-refractivity contribution is 6.10. The number of hydrogen-bond donors (Lipinski definition) is 1. The van der Waals surface area contributed by atoms with Gasteiger partial charge in [0, 0.05) is 44.0 Å². The van der Waals surface area contributed by atoms with Crippen LogP contribution in [-0.2, 0) is 11.8 Å². The normalized spacial score (nSPS) is 16.0. The SMILES string of the molecule is CN(C)C1CCN(C(=O)c2cc3c(c4ccccc4n3C)n2-c2ncccn2)C1.O=C(O)C(F)(F)F. The Morgan fingerprint density at radius 1 is 1.08 bits per heavy atom. The summed E-state index contributed by atoms with van der Waals surface area (Å²) in [6, 6.07) is 12.4. The summed E-state index contributed by atoms with van der Waals surface area (Å²) in [5.41, 5.74) is 3.71. The molecule has 12 heteroatoms. The van der Waals surface area contributed by atoms with Crippen LogP contribution in [-0.4, -0.2) is 85.3 Å². The maximum Gasteiger partial charge on any atom is 0.490 e. The number of rotatable bonds is 3. The molecule has 0 radical (unpaired) electrons. The van der Waals surface area contributed by atoms with Gasteiger partial charge in [0.15, 0.2) is 0 Å². The third-order valence-electron chi connectivity index (χ3n) is 6.26. The van der Waals surface area contributed by atoms with Crippen molar-refractivity contribution in [2.24, 2.45) is 7.05 Å². The highest BCUT2D eigenvalue weighted by Crippen LogP contribution is 2.33. The number of likely N-dealkylation sites (tertiary alicyclic amines) is 1. The average molecular weight is 502 g/mol. The molecule has 1 aliphatic rings. The molecular weight excluding hydrogens is 477 g/mol. The number of fused-ring (bicyclic) bond motifs is 3. The van der Waals surface area contributed by atoms with Crippen molar-refractivity contribution in [3.63, 3.8) is 0 Å². The van der Waals surface area contributed by atoms with E-state index in [2.05, 4.69) is 45.7 Å². The summed E-state index contributed by atoms with van der Waals surface area (Å²) < 4.78 is 35.8. The quantitative estimate of drug-likeness (QED) is 0.462. The van der Waals surface area contributed by atoms with Gasteiger partial charge >= 0.3 is 12.1 Å². The van der Waals surface area contributed by atoms with Gasteiger partial charge in [-0.2, -0.15) is 13.2 Å². The molecular formula is C24H25F3N6O3. The molecule has 1 saturated heterocycles. The zero-order chi connectivity index (χ0) is 26.2. The number of alkyl halides is 3. The van der Waals surface area contributed by atoms with E-state index >= 15 is 0 Å². The second-order valence-electron chi connectivity index (χ2n) is 8.68. The zero-order valence-electron chi connectivity index (χ0n) is 19.9. The molecule has 1 aliphatic heterocycles. The Morgan fingerprint density at radius 3 is 2.31 bits per heavy atom. The molecule has 1 amide bonds. The van der Waals surface area contributed by atoms with Gasteiger partial charge in [-0.3, -0.25) is 9.36 Å². The van der Waals surface area contributed by atoms with E-state index in [4.69, 9.17) is 9.90 Å². The topological polar surface area (TPSA) is 96.5 Å². The van der Waals surface area contributed by atoms with E-state index in [1.54, 1.807) is 18.5 Å². The molecule has 0 aliphatic carbocycles. The smallest absolute Gasteiger partial charge is 0.475 e. The van der Waals surface area contributed by atoms with Gasteiger partial charge in [-0.15, -0.1) is 0 Å². The predicted molar refractivity (Wildman–Crippen MR) is 127 cm³/mol. The van der Waals surface area contributed by atoms with Crippen LogP contribution in [0, 0.1) is 0 Å². The van der Waals surface area contributed by atoms with E-state index in [-0.39, 0.29) is 5.91 Å². The van der Waals surface area contributed by atoms with E-state index in [1.165, 1.54) is 0 Å². The Morgan fingerprint density at radius 2 is 1.72 bits per heavy atom. The molecule has 1 atom stereocenters. The molecule has 1 unspecified atom stereocenters. The van der Waals surface area contributed by atoms with E-state index in [0.29, 0.717) is 17.7 Å². The van der Waals surface area contributed by atoms with Crippen LogP contribution in [0.5, 0.6) is 0 Å². The number of aryl methyl sites for hydroxylation is 1. The Bertz CT molecular complexity index is 1410. The zero-order valence-corrected chi connectivity index (χ0v) is 19.9. The van der Waals surface area contributed by atoms with Crippen molar-refractivity contribution in [2.45, 2.75) is 18.6 Å². The van der Waals surface area contributed by atoms with Crippen molar-refractivity contribution in [3.8, 4) is 5.95 Å². The third-order valence-corrected chi connectivity index (χ3v) is 6.26. The van der Waals surface area contributed by atoms with Gasteiger partial charge in [-0.1, -0.05) is 18.2 Å². The summed E-state index contributed by atoms with van der Waals surface area (Å²) in [7, 11) is 6.17. The average Bonchev–Trinajstić information content (AvgIpc) is 3.55. The number of likely N-dealkylation sites (N-methyl/N-ethyl adjacent to an activating group) is 1. The van der Waals surface area contributed by atoms with Crippen LogP contribution in [0.3, 0.4) is 0 Å². The van der Waals surface area contributed by atoms with Crippen molar-refractivity contribution < 1.29 is 27.9 Å². The predicted octanol–water partition coefficient (Wildman–Crippen LogP) is 3.32. The molecule has 3 aromatic heterocycles. The van der Waals surface area contributed by atoms with Crippen molar-refractivity contribution in [1.82, 2.24) is 28.9 Å². The molecule has 4 heterocycles. The Labute approximate surface area is 204 Å². The summed E-state index contributed by atoms with van der Waals surface area (Å²) in [5.74, 6) is -2.21. The summed E-state index contributed by atoms with van der Waals surface area (Å²) in [4.78, 5) is 35.5. The number of aromatic nitrogens is 4. The molecule has 4 aromatic rings. The molecule has 36 heavy (non-hydrogen) atoms. The summed E-state index contributed by atoms with van der Waals surface area (Å²) in [5, 5.41) is 8.21. The minimum Gasteiger partial charge on any atom is -0.475 e. The van der Waals surface area contributed by atoms with Crippen LogP contribution in [0.1, 0.15) is 16.9 Å². The van der Waals surface area contributed by atoms with Crippen LogP contribution in [0.15, 0.2) is 48.8 Å². The van der Waals surface area contributed by atoms with Crippen molar-refractivity contribution in [3.05, 3.63) is 54.5 Å². The first-order valence-corrected chi connectivity index (χ1v) is 11.1. The second kappa shape index (κ2) is 9.61.